The maximum atomic E-state index is 7.25. The Morgan fingerprint density at radius 2 is 1.19 bits per heavy atom. The second-order valence-electron chi connectivity index (χ2n) is 10.3. The number of hydrazine groups is 2. The molecule has 0 radical (unpaired) electrons. The van der Waals surface area contributed by atoms with E-state index in [1.54, 1.807) is 0 Å². The zero-order valence-electron chi connectivity index (χ0n) is 20.1. The summed E-state index contributed by atoms with van der Waals surface area (Å²) in [5, 5.41) is 4.99. The van der Waals surface area contributed by atoms with E-state index < -0.39 is 0 Å². The molecule has 0 aliphatic carbocycles. The van der Waals surface area contributed by atoms with Gasteiger partial charge in [0.1, 0.15) is 5.79 Å². The zero-order chi connectivity index (χ0) is 21.4. The van der Waals surface area contributed by atoms with Gasteiger partial charge >= 0.3 is 0 Å². The summed E-state index contributed by atoms with van der Waals surface area (Å²) < 4.78 is 0. The van der Waals surface area contributed by atoms with Gasteiger partial charge in [-0.2, -0.15) is 5.12 Å². The molecule has 0 amide bonds. The number of hydrogen-bond donors (Lipinski definition) is 2. The van der Waals surface area contributed by atoms with Gasteiger partial charge in [0.15, 0.2) is 0 Å². The minimum Gasteiger partial charge on any atom is -0.303 e. The van der Waals surface area contributed by atoms with E-state index in [1.165, 1.54) is 130 Å². The van der Waals surface area contributed by atoms with Crippen LogP contribution in [0.4, 0.5) is 0 Å². The van der Waals surface area contributed by atoms with Crippen LogP contribution in [0.2, 0.25) is 0 Å². The maximum Gasteiger partial charge on any atom is 0.127 e. The first-order valence-corrected chi connectivity index (χ1v) is 13.5. The predicted molar refractivity (Wildman–Crippen MR) is 128 cm³/mol. The summed E-state index contributed by atoms with van der Waals surface area (Å²) in [5.74, 6) is -0.273. The lowest BCUT2D eigenvalue weighted by atomic mass is 10.1. The molecule has 1 unspecified atom stereocenters. The average molecular weight is 436 g/mol. The van der Waals surface area contributed by atoms with Crippen LogP contribution < -0.4 is 11.2 Å². The van der Waals surface area contributed by atoms with Crippen molar-refractivity contribution >= 4 is 0 Å². The topological polar surface area (TPSA) is 54.3 Å². The molecular weight excluding hydrogens is 386 g/mol. The molecule has 4 saturated heterocycles. The van der Waals surface area contributed by atoms with Crippen molar-refractivity contribution in [2.75, 3.05) is 72.0 Å². The molecule has 1 atom stereocenters. The van der Waals surface area contributed by atoms with Crippen molar-refractivity contribution in [2.24, 2.45) is 5.73 Å². The quantitative estimate of drug-likeness (QED) is 0.381. The first-order valence-electron chi connectivity index (χ1n) is 13.5. The number of likely N-dealkylation sites (tertiary alicyclic amines) is 3. The summed E-state index contributed by atoms with van der Waals surface area (Å²) >= 11 is 0. The Morgan fingerprint density at radius 3 is 1.81 bits per heavy atom. The molecule has 4 fully saturated rings. The molecule has 0 aromatic heterocycles. The number of rotatable bonds is 11. The average Bonchev–Trinajstić information content (AvgIpc) is 3.54. The summed E-state index contributed by atoms with van der Waals surface area (Å²) in [6.07, 6.45) is 15.7. The predicted octanol–water partition coefficient (Wildman–Crippen LogP) is 2.26. The van der Waals surface area contributed by atoms with E-state index in [9.17, 15) is 0 Å². The SMILES string of the molecule is NC(CCN(NCCCN1CCCCC1)N1CCCC1)(N1CCCCC1)N1CCCC1. The summed E-state index contributed by atoms with van der Waals surface area (Å²) in [6.45, 7) is 13.0. The Kier molecular flexibility index (Phi) is 9.44. The first-order chi connectivity index (χ1) is 15.3. The molecule has 4 heterocycles. The van der Waals surface area contributed by atoms with Crippen molar-refractivity contribution < 1.29 is 0 Å². The fourth-order valence-electron chi connectivity index (χ4n) is 6.13. The normalized spacial score (nSPS) is 27.3. The third-order valence-electron chi connectivity index (χ3n) is 8.07. The van der Waals surface area contributed by atoms with Gasteiger partial charge < -0.3 is 10.6 Å². The van der Waals surface area contributed by atoms with Gasteiger partial charge in [0, 0.05) is 58.8 Å². The van der Waals surface area contributed by atoms with E-state index in [2.05, 4.69) is 30.3 Å². The maximum absolute atomic E-state index is 7.25. The van der Waals surface area contributed by atoms with Gasteiger partial charge in [0.25, 0.3) is 0 Å². The number of nitrogens with one attached hydrogen (secondary N) is 1. The molecule has 31 heavy (non-hydrogen) atoms. The van der Waals surface area contributed by atoms with Crippen LogP contribution in [0, 0.1) is 0 Å². The van der Waals surface area contributed by atoms with Crippen LogP contribution in [0.15, 0.2) is 0 Å². The monoisotopic (exact) mass is 435 g/mol. The summed E-state index contributed by atoms with van der Waals surface area (Å²) in [5.41, 5.74) is 11.1. The van der Waals surface area contributed by atoms with Gasteiger partial charge in [-0.3, -0.25) is 9.80 Å². The molecule has 4 rings (SSSR count). The van der Waals surface area contributed by atoms with Gasteiger partial charge in [-0.25, -0.2) is 10.4 Å². The number of nitrogens with zero attached hydrogens (tertiary/aromatic N) is 5. The Hall–Kier alpha value is -0.280. The number of piperidine rings is 2. The highest BCUT2D eigenvalue weighted by Crippen LogP contribution is 2.28. The van der Waals surface area contributed by atoms with Crippen molar-refractivity contribution in [1.82, 2.24) is 30.3 Å². The lowest BCUT2D eigenvalue weighted by molar-refractivity contribution is -0.100. The van der Waals surface area contributed by atoms with Crippen molar-refractivity contribution in [2.45, 2.75) is 82.8 Å². The third kappa shape index (κ3) is 6.62. The Bertz CT molecular complexity index is 494. The molecule has 0 aromatic carbocycles. The lowest BCUT2D eigenvalue weighted by Crippen LogP contribution is -2.68. The van der Waals surface area contributed by atoms with E-state index in [-0.39, 0.29) is 5.79 Å². The van der Waals surface area contributed by atoms with Gasteiger partial charge in [-0.15, -0.1) is 0 Å². The fourth-order valence-corrected chi connectivity index (χ4v) is 6.13. The third-order valence-corrected chi connectivity index (χ3v) is 8.07. The zero-order valence-corrected chi connectivity index (χ0v) is 20.1. The molecule has 4 aliphatic rings. The van der Waals surface area contributed by atoms with Gasteiger partial charge in [0.2, 0.25) is 0 Å². The van der Waals surface area contributed by atoms with Gasteiger partial charge in [0.05, 0.1) is 0 Å². The fraction of sp³-hybridized carbons (Fsp3) is 1.00. The largest absolute Gasteiger partial charge is 0.303 e. The Balaban J connectivity index is 1.31. The standard InChI is InChI=1S/C24H49N7/c25-24(29-19-7-8-20-29,28-17-5-2-6-18-28)12-23-31(30-21-9-10-22-30)26-13-11-16-27-14-3-1-4-15-27/h26H,1-23,25H2. The highest BCUT2D eigenvalue weighted by molar-refractivity contribution is 4.90. The smallest absolute Gasteiger partial charge is 0.127 e. The summed E-state index contributed by atoms with van der Waals surface area (Å²) in [4.78, 5) is 7.86. The molecule has 7 nitrogen and oxygen atoms in total. The van der Waals surface area contributed by atoms with Crippen LogP contribution in [-0.4, -0.2) is 103 Å². The molecular formula is C24H49N7. The van der Waals surface area contributed by atoms with Crippen molar-refractivity contribution in [3.8, 4) is 0 Å². The van der Waals surface area contributed by atoms with Gasteiger partial charge in [-0.05, 0) is 77.4 Å². The van der Waals surface area contributed by atoms with E-state index in [4.69, 9.17) is 5.73 Å². The second kappa shape index (κ2) is 12.3. The Labute approximate surface area is 191 Å². The molecule has 0 spiro atoms. The molecule has 0 saturated carbocycles. The minimum atomic E-state index is -0.273. The van der Waals surface area contributed by atoms with Crippen molar-refractivity contribution in [1.29, 1.82) is 0 Å². The number of hydrogen-bond acceptors (Lipinski definition) is 7. The van der Waals surface area contributed by atoms with Crippen LogP contribution in [0.5, 0.6) is 0 Å². The number of nitrogens with two attached hydrogens (primary N) is 1. The highest BCUT2D eigenvalue weighted by Gasteiger charge is 2.40. The van der Waals surface area contributed by atoms with E-state index in [0.29, 0.717) is 0 Å². The van der Waals surface area contributed by atoms with Crippen LogP contribution in [-0.2, 0) is 0 Å². The molecule has 4 aliphatic heterocycles. The van der Waals surface area contributed by atoms with Gasteiger partial charge in [-0.1, -0.05) is 12.8 Å². The van der Waals surface area contributed by atoms with Crippen molar-refractivity contribution in [3.05, 3.63) is 0 Å². The van der Waals surface area contributed by atoms with Crippen LogP contribution in [0.25, 0.3) is 0 Å². The second-order valence-corrected chi connectivity index (χ2v) is 10.3. The van der Waals surface area contributed by atoms with Crippen LogP contribution >= 0.6 is 0 Å². The minimum absolute atomic E-state index is 0.273. The molecule has 180 valence electrons. The first kappa shape index (κ1) is 23.9. The molecule has 3 N–H and O–H groups in total. The van der Waals surface area contributed by atoms with E-state index >= 15 is 0 Å². The van der Waals surface area contributed by atoms with Crippen molar-refractivity contribution in [3.63, 3.8) is 0 Å². The molecule has 0 aromatic rings. The molecule has 7 heteroatoms. The summed E-state index contributed by atoms with van der Waals surface area (Å²) in [6, 6.07) is 0. The summed E-state index contributed by atoms with van der Waals surface area (Å²) in [7, 11) is 0. The van der Waals surface area contributed by atoms with E-state index in [0.717, 1.165) is 19.5 Å². The highest BCUT2D eigenvalue weighted by atomic mass is 15.8. The van der Waals surface area contributed by atoms with Crippen LogP contribution in [0.1, 0.15) is 77.0 Å². The molecule has 0 bridgehead atoms. The Morgan fingerprint density at radius 1 is 0.677 bits per heavy atom. The lowest BCUT2D eigenvalue weighted by Gasteiger charge is -2.49. The van der Waals surface area contributed by atoms with E-state index in [1.807, 2.05) is 0 Å². The van der Waals surface area contributed by atoms with Crippen LogP contribution in [0.3, 0.4) is 0 Å².